The number of urea groups is 1. The van der Waals surface area contributed by atoms with Gasteiger partial charge in [-0.2, -0.15) is 0 Å². The van der Waals surface area contributed by atoms with E-state index in [4.69, 9.17) is 4.74 Å². The number of ether oxygens (including phenoxy) is 1. The topological polar surface area (TPSA) is 67.4 Å². The number of nitrogens with one attached hydrogen (secondary N) is 2. The van der Waals surface area contributed by atoms with E-state index in [9.17, 15) is 9.59 Å². The molecule has 2 amide bonds. The molecule has 0 radical (unpaired) electrons. The van der Waals surface area contributed by atoms with E-state index >= 15 is 0 Å². The minimum absolute atomic E-state index is 0.292. The first-order valence-electron chi connectivity index (χ1n) is 6.26. The van der Waals surface area contributed by atoms with Crippen molar-refractivity contribution in [3.8, 4) is 0 Å². The number of hydrogen-bond acceptors (Lipinski definition) is 3. The highest BCUT2D eigenvalue weighted by Gasteiger charge is 1.99. The quantitative estimate of drug-likeness (QED) is 0.476. The molecule has 0 atom stereocenters. The fraction of sp³-hybridized carbons (Fsp3) is 0.200. The molecule has 0 bridgehead atoms. The van der Waals surface area contributed by atoms with Crippen LogP contribution in [0.4, 0.5) is 10.5 Å². The van der Waals surface area contributed by atoms with Gasteiger partial charge in [0.15, 0.2) is 0 Å². The van der Waals surface area contributed by atoms with E-state index < -0.39 is 0 Å². The summed E-state index contributed by atoms with van der Waals surface area (Å²) in [5.74, 6) is -0.376. The first-order valence-corrected chi connectivity index (χ1v) is 6.26. The van der Waals surface area contributed by atoms with Crippen molar-refractivity contribution >= 4 is 23.8 Å². The summed E-state index contributed by atoms with van der Waals surface area (Å²) in [7, 11) is 0. The molecule has 0 heterocycles. The number of anilines is 1. The Hall–Kier alpha value is -2.56. The van der Waals surface area contributed by atoms with Gasteiger partial charge in [-0.05, 0) is 30.7 Å². The van der Waals surface area contributed by atoms with Gasteiger partial charge in [-0.15, -0.1) is 6.58 Å². The number of carbonyl (C=O) groups is 2. The van der Waals surface area contributed by atoms with Gasteiger partial charge in [0.1, 0.15) is 0 Å². The average Bonchev–Trinajstić information content (AvgIpc) is 2.45. The van der Waals surface area contributed by atoms with E-state index in [1.54, 1.807) is 43.3 Å². The van der Waals surface area contributed by atoms with Gasteiger partial charge in [0, 0.05) is 18.3 Å². The molecule has 20 heavy (non-hydrogen) atoms. The van der Waals surface area contributed by atoms with Crippen molar-refractivity contribution in [1.82, 2.24) is 5.32 Å². The lowest BCUT2D eigenvalue weighted by atomic mass is 10.2. The molecular weight excluding hydrogens is 256 g/mol. The molecule has 5 nitrogen and oxygen atoms in total. The molecule has 1 aromatic carbocycles. The summed E-state index contributed by atoms with van der Waals surface area (Å²) in [6.07, 6.45) is 4.62. The van der Waals surface area contributed by atoms with Crippen molar-refractivity contribution in [2.45, 2.75) is 6.92 Å². The molecule has 0 aliphatic rings. The molecule has 106 valence electrons. The second-order valence-corrected chi connectivity index (χ2v) is 3.83. The number of amides is 2. The summed E-state index contributed by atoms with van der Waals surface area (Å²) in [5.41, 5.74) is 1.51. The van der Waals surface area contributed by atoms with Crippen LogP contribution in [-0.4, -0.2) is 25.2 Å². The van der Waals surface area contributed by atoms with Crippen LogP contribution in [-0.2, 0) is 9.53 Å². The van der Waals surface area contributed by atoms with Gasteiger partial charge in [-0.3, -0.25) is 0 Å². The van der Waals surface area contributed by atoms with E-state index in [0.29, 0.717) is 18.8 Å². The minimum Gasteiger partial charge on any atom is -0.463 e. The summed E-state index contributed by atoms with van der Waals surface area (Å²) in [6.45, 7) is 6.03. The van der Waals surface area contributed by atoms with E-state index in [0.717, 1.165) is 5.56 Å². The minimum atomic E-state index is -0.376. The molecule has 0 aliphatic heterocycles. The molecule has 1 rings (SSSR count). The van der Waals surface area contributed by atoms with Crippen LogP contribution in [0.1, 0.15) is 12.5 Å². The zero-order valence-corrected chi connectivity index (χ0v) is 11.4. The van der Waals surface area contributed by atoms with Crippen molar-refractivity contribution < 1.29 is 14.3 Å². The molecule has 0 unspecified atom stereocenters. The molecule has 0 fully saturated rings. The van der Waals surface area contributed by atoms with Gasteiger partial charge in [0.05, 0.1) is 6.61 Å². The zero-order chi connectivity index (χ0) is 14.8. The Bertz CT molecular complexity index is 492. The molecule has 1 aromatic rings. The summed E-state index contributed by atoms with van der Waals surface area (Å²) in [6, 6.07) is 6.79. The van der Waals surface area contributed by atoms with Crippen molar-refractivity contribution in [3.63, 3.8) is 0 Å². The van der Waals surface area contributed by atoms with Gasteiger partial charge in [-0.1, -0.05) is 18.2 Å². The number of hydrogen-bond donors (Lipinski definition) is 2. The third kappa shape index (κ3) is 5.86. The normalized spacial score (nSPS) is 10.1. The second kappa shape index (κ2) is 8.53. The molecule has 0 aliphatic carbocycles. The van der Waals surface area contributed by atoms with Crippen LogP contribution in [0.25, 0.3) is 6.08 Å². The SMILES string of the molecule is C=CCNC(=O)Nc1ccc(/C=C\C(=O)OCC)cc1. The lowest BCUT2D eigenvalue weighted by Crippen LogP contribution is -2.28. The fourth-order valence-electron chi connectivity index (χ4n) is 1.37. The number of esters is 1. The Morgan fingerprint density at radius 2 is 2.00 bits per heavy atom. The van der Waals surface area contributed by atoms with Crippen LogP contribution in [0.15, 0.2) is 43.0 Å². The molecule has 2 N–H and O–H groups in total. The molecule has 0 spiro atoms. The highest BCUT2D eigenvalue weighted by Crippen LogP contribution is 2.10. The predicted octanol–water partition coefficient (Wildman–Crippen LogP) is 2.57. The summed E-state index contributed by atoms with van der Waals surface area (Å²) in [4.78, 5) is 22.5. The second-order valence-electron chi connectivity index (χ2n) is 3.83. The maximum atomic E-state index is 11.4. The predicted molar refractivity (Wildman–Crippen MR) is 79.3 cm³/mol. The maximum Gasteiger partial charge on any atom is 0.330 e. The lowest BCUT2D eigenvalue weighted by Gasteiger charge is -2.05. The number of carbonyl (C=O) groups excluding carboxylic acids is 2. The summed E-state index contributed by atoms with van der Waals surface area (Å²) >= 11 is 0. The first-order chi connectivity index (χ1) is 9.65. The van der Waals surface area contributed by atoms with E-state index in [-0.39, 0.29) is 12.0 Å². The third-order valence-electron chi connectivity index (χ3n) is 2.27. The fourth-order valence-corrected chi connectivity index (χ4v) is 1.37. The number of rotatable bonds is 6. The smallest absolute Gasteiger partial charge is 0.330 e. The standard InChI is InChI=1S/C15H18N2O3/c1-3-11-16-15(19)17-13-8-5-12(6-9-13)7-10-14(18)20-4-2/h3,5-10H,1,4,11H2,2H3,(H2,16,17,19)/b10-7-. The Labute approximate surface area is 118 Å². The molecule has 0 aromatic heterocycles. The van der Waals surface area contributed by atoms with Crippen LogP contribution >= 0.6 is 0 Å². The van der Waals surface area contributed by atoms with Crippen LogP contribution in [0.5, 0.6) is 0 Å². The third-order valence-corrected chi connectivity index (χ3v) is 2.27. The monoisotopic (exact) mass is 274 g/mol. The molecular formula is C15H18N2O3. The van der Waals surface area contributed by atoms with Crippen molar-refractivity contribution in [3.05, 3.63) is 48.6 Å². The van der Waals surface area contributed by atoms with E-state index in [2.05, 4.69) is 17.2 Å². The van der Waals surface area contributed by atoms with Gasteiger partial charge in [0.25, 0.3) is 0 Å². The molecule has 0 saturated carbocycles. The van der Waals surface area contributed by atoms with Crippen LogP contribution in [0, 0.1) is 0 Å². The zero-order valence-electron chi connectivity index (χ0n) is 11.4. The largest absolute Gasteiger partial charge is 0.463 e. The maximum absolute atomic E-state index is 11.4. The van der Waals surface area contributed by atoms with Crippen LogP contribution < -0.4 is 10.6 Å². The molecule has 5 heteroatoms. The van der Waals surface area contributed by atoms with Crippen LogP contribution in [0.2, 0.25) is 0 Å². The van der Waals surface area contributed by atoms with Crippen molar-refractivity contribution in [1.29, 1.82) is 0 Å². The van der Waals surface area contributed by atoms with Gasteiger partial charge in [-0.25, -0.2) is 9.59 Å². The van der Waals surface area contributed by atoms with E-state index in [1.165, 1.54) is 6.08 Å². The van der Waals surface area contributed by atoms with Gasteiger partial charge >= 0.3 is 12.0 Å². The summed E-state index contributed by atoms with van der Waals surface area (Å²) < 4.78 is 4.78. The Kier molecular flexibility index (Phi) is 6.61. The Balaban J connectivity index is 2.53. The van der Waals surface area contributed by atoms with Crippen LogP contribution in [0.3, 0.4) is 0 Å². The van der Waals surface area contributed by atoms with Crippen molar-refractivity contribution in [2.75, 3.05) is 18.5 Å². The van der Waals surface area contributed by atoms with Gasteiger partial charge in [0.2, 0.25) is 0 Å². The highest BCUT2D eigenvalue weighted by atomic mass is 16.5. The first kappa shape index (κ1) is 15.5. The Morgan fingerprint density at radius 3 is 2.60 bits per heavy atom. The summed E-state index contributed by atoms with van der Waals surface area (Å²) in [5, 5.41) is 5.28. The lowest BCUT2D eigenvalue weighted by molar-refractivity contribution is -0.137. The van der Waals surface area contributed by atoms with E-state index in [1.807, 2.05) is 0 Å². The van der Waals surface area contributed by atoms with Gasteiger partial charge < -0.3 is 15.4 Å². The highest BCUT2D eigenvalue weighted by molar-refractivity contribution is 5.90. The average molecular weight is 274 g/mol. The van der Waals surface area contributed by atoms with Crippen molar-refractivity contribution in [2.24, 2.45) is 0 Å². The Morgan fingerprint density at radius 1 is 1.30 bits per heavy atom. The number of benzene rings is 1. The molecule has 0 saturated heterocycles.